The van der Waals surface area contributed by atoms with Crippen LogP contribution in [0.3, 0.4) is 0 Å². The number of rotatable bonds is 2. The molecule has 7 amide bonds. The lowest BCUT2D eigenvalue weighted by atomic mass is 10.0. The maximum atomic E-state index is 13.4. The molecule has 1 aromatic rings. The molecule has 0 bridgehead atoms. The number of benzene rings is 1. The number of hydrogen-bond acceptors (Lipinski definition) is 8. The third-order valence-electron chi connectivity index (χ3n) is 7.54. The van der Waals surface area contributed by atoms with E-state index in [0.29, 0.717) is 58.0 Å². The average Bonchev–Trinajstić information content (AvgIpc) is 3.17. The van der Waals surface area contributed by atoms with Crippen molar-refractivity contribution in [3.8, 4) is 0 Å². The summed E-state index contributed by atoms with van der Waals surface area (Å²) in [5, 5.41) is 2.21. The van der Waals surface area contributed by atoms with Gasteiger partial charge in [-0.2, -0.15) is 0 Å². The number of carbonyl (C=O) groups is 6. The summed E-state index contributed by atoms with van der Waals surface area (Å²) < 4.78 is 5.43. The van der Waals surface area contributed by atoms with Gasteiger partial charge in [-0.3, -0.25) is 29.4 Å². The van der Waals surface area contributed by atoms with Crippen LogP contribution in [-0.4, -0.2) is 119 Å². The van der Waals surface area contributed by atoms with Gasteiger partial charge in [-0.05, 0) is 39.3 Å². The predicted octanol–water partition coefficient (Wildman–Crippen LogP) is 0.883. The number of piperazine rings is 2. The summed E-state index contributed by atoms with van der Waals surface area (Å²) in [4.78, 5) is 84.1. The first-order valence-corrected chi connectivity index (χ1v) is 13.6. The van der Waals surface area contributed by atoms with Crippen molar-refractivity contribution in [2.75, 3.05) is 57.3 Å². The quantitative estimate of drug-likeness (QED) is 0.532. The molecule has 0 aliphatic carbocycles. The number of fused-ring (bicyclic) bond motifs is 1. The Bertz CT molecular complexity index is 1260. The van der Waals surface area contributed by atoms with Gasteiger partial charge in [0.05, 0.1) is 16.8 Å². The fraction of sp³-hybridized carbons (Fsp3) is 0.556. The van der Waals surface area contributed by atoms with E-state index in [0.717, 1.165) is 4.90 Å². The van der Waals surface area contributed by atoms with Crippen molar-refractivity contribution >= 4 is 41.4 Å². The van der Waals surface area contributed by atoms with Gasteiger partial charge in [0.1, 0.15) is 11.6 Å². The molecule has 1 aromatic carbocycles. The summed E-state index contributed by atoms with van der Waals surface area (Å²) in [6, 6.07) is 3.92. The second-order valence-electron chi connectivity index (χ2n) is 11.4. The first kappa shape index (κ1) is 27.4. The van der Waals surface area contributed by atoms with E-state index in [-0.39, 0.29) is 36.1 Å². The Labute approximate surface area is 232 Å². The average molecular weight is 555 g/mol. The number of hydrogen-bond donors (Lipinski definition) is 1. The van der Waals surface area contributed by atoms with Crippen LogP contribution in [0.25, 0.3) is 0 Å². The van der Waals surface area contributed by atoms with Crippen LogP contribution in [-0.2, 0) is 14.3 Å². The van der Waals surface area contributed by atoms with Crippen LogP contribution in [0.5, 0.6) is 0 Å². The Balaban J connectivity index is 1.20. The Hall–Kier alpha value is -4.16. The molecule has 0 spiro atoms. The third kappa shape index (κ3) is 5.19. The fourth-order valence-electron chi connectivity index (χ4n) is 5.51. The van der Waals surface area contributed by atoms with E-state index in [1.807, 2.05) is 25.7 Å². The molecule has 3 fully saturated rings. The zero-order chi connectivity index (χ0) is 28.8. The summed E-state index contributed by atoms with van der Waals surface area (Å²) in [5.74, 6) is -2.16. The Morgan fingerprint density at radius 2 is 1.45 bits per heavy atom. The van der Waals surface area contributed by atoms with Crippen LogP contribution >= 0.6 is 0 Å². The molecule has 13 nitrogen and oxygen atoms in total. The normalized spacial score (nSPS) is 22.0. The number of nitrogens with zero attached hydrogens (tertiary/aromatic N) is 5. The number of ether oxygens (including phenoxy) is 1. The first-order chi connectivity index (χ1) is 18.9. The summed E-state index contributed by atoms with van der Waals surface area (Å²) in [5.41, 5.74) is 0.483. The van der Waals surface area contributed by atoms with Crippen molar-refractivity contribution in [1.82, 2.24) is 24.9 Å². The number of amides is 7. The molecule has 0 aromatic heterocycles. The number of nitrogens with one attached hydrogen (secondary N) is 1. The molecule has 1 atom stereocenters. The minimum Gasteiger partial charge on any atom is -0.444 e. The van der Waals surface area contributed by atoms with E-state index in [1.165, 1.54) is 0 Å². The van der Waals surface area contributed by atoms with Gasteiger partial charge in [-0.1, -0.05) is 6.07 Å². The van der Waals surface area contributed by atoms with Crippen LogP contribution in [0.2, 0.25) is 0 Å². The standard InChI is InChI=1S/C27H34N6O7/c1-27(2,3)40-26(39)32-15-13-31(14-16-32)25(38)30-11-9-29(10-12-30)18-6-4-5-17-21(18)24(37)33(23(17)36)19-7-8-20(34)28-22(19)35/h4-6,19H,7-16H2,1-3H3,(H,28,34,35). The predicted molar refractivity (Wildman–Crippen MR) is 142 cm³/mol. The monoisotopic (exact) mass is 554 g/mol. The highest BCUT2D eigenvalue weighted by Crippen LogP contribution is 2.34. The van der Waals surface area contributed by atoms with Crippen molar-refractivity contribution in [3.05, 3.63) is 29.3 Å². The van der Waals surface area contributed by atoms with Crippen molar-refractivity contribution in [2.24, 2.45) is 0 Å². The Kier molecular flexibility index (Phi) is 7.15. The van der Waals surface area contributed by atoms with E-state index in [4.69, 9.17) is 4.74 Å². The van der Waals surface area contributed by atoms with Gasteiger partial charge in [0, 0.05) is 58.8 Å². The van der Waals surface area contributed by atoms with E-state index >= 15 is 0 Å². The molecule has 0 radical (unpaired) electrons. The van der Waals surface area contributed by atoms with Crippen LogP contribution in [0, 0.1) is 0 Å². The number of anilines is 1. The van der Waals surface area contributed by atoms with Crippen molar-refractivity contribution in [1.29, 1.82) is 0 Å². The fourth-order valence-corrected chi connectivity index (χ4v) is 5.51. The first-order valence-electron chi connectivity index (χ1n) is 13.6. The summed E-state index contributed by atoms with van der Waals surface area (Å²) in [7, 11) is 0. The Morgan fingerprint density at radius 1 is 0.850 bits per heavy atom. The molecule has 1 unspecified atom stereocenters. The van der Waals surface area contributed by atoms with Crippen molar-refractivity contribution in [3.63, 3.8) is 0 Å². The number of piperidine rings is 1. The van der Waals surface area contributed by atoms with E-state index in [9.17, 15) is 28.8 Å². The van der Waals surface area contributed by atoms with Crippen molar-refractivity contribution in [2.45, 2.75) is 45.3 Å². The highest BCUT2D eigenvalue weighted by atomic mass is 16.6. The smallest absolute Gasteiger partial charge is 0.410 e. The topological polar surface area (TPSA) is 140 Å². The van der Waals surface area contributed by atoms with Gasteiger partial charge in [-0.15, -0.1) is 0 Å². The second kappa shape index (κ2) is 10.4. The molecule has 40 heavy (non-hydrogen) atoms. The number of carbonyl (C=O) groups excluding carboxylic acids is 6. The lowest BCUT2D eigenvalue weighted by molar-refractivity contribution is -0.136. The second-order valence-corrected chi connectivity index (χ2v) is 11.4. The molecular weight excluding hydrogens is 520 g/mol. The maximum Gasteiger partial charge on any atom is 0.410 e. The highest BCUT2D eigenvalue weighted by molar-refractivity contribution is 6.25. The minimum absolute atomic E-state index is 0.0582. The largest absolute Gasteiger partial charge is 0.444 e. The van der Waals surface area contributed by atoms with Crippen molar-refractivity contribution < 1.29 is 33.5 Å². The highest BCUT2D eigenvalue weighted by Gasteiger charge is 2.46. The Morgan fingerprint density at radius 3 is 2.05 bits per heavy atom. The van der Waals surface area contributed by atoms with E-state index < -0.39 is 35.3 Å². The van der Waals surface area contributed by atoms with Crippen LogP contribution in [0.1, 0.15) is 54.3 Å². The third-order valence-corrected chi connectivity index (χ3v) is 7.54. The van der Waals surface area contributed by atoms with Gasteiger partial charge in [-0.25, -0.2) is 9.59 Å². The van der Waals surface area contributed by atoms with Gasteiger partial charge >= 0.3 is 12.1 Å². The van der Waals surface area contributed by atoms with Gasteiger partial charge in [0.25, 0.3) is 11.8 Å². The molecule has 4 aliphatic heterocycles. The lowest BCUT2D eigenvalue weighted by Crippen LogP contribution is -2.58. The van der Waals surface area contributed by atoms with Crippen LogP contribution in [0.15, 0.2) is 18.2 Å². The molecule has 5 rings (SSSR count). The van der Waals surface area contributed by atoms with Crippen LogP contribution < -0.4 is 10.2 Å². The number of imide groups is 2. The molecule has 0 saturated carbocycles. The molecule has 214 valence electrons. The van der Waals surface area contributed by atoms with Crippen LogP contribution in [0.4, 0.5) is 15.3 Å². The molecule has 13 heteroatoms. The van der Waals surface area contributed by atoms with E-state index in [1.54, 1.807) is 32.9 Å². The SMILES string of the molecule is CC(C)(C)OC(=O)N1CCN(C(=O)N2CCN(c3cccc4c3C(=O)N(C3CCC(=O)NC3=O)C4=O)CC2)CC1. The van der Waals surface area contributed by atoms with Gasteiger partial charge in [0.15, 0.2) is 0 Å². The zero-order valence-electron chi connectivity index (χ0n) is 23.0. The maximum absolute atomic E-state index is 13.4. The molecule has 4 aliphatic rings. The van der Waals surface area contributed by atoms with Gasteiger partial charge in [0.2, 0.25) is 11.8 Å². The summed E-state index contributed by atoms with van der Waals surface area (Å²) >= 11 is 0. The van der Waals surface area contributed by atoms with E-state index in [2.05, 4.69) is 5.32 Å². The number of urea groups is 1. The molecule has 4 heterocycles. The molecular formula is C27H34N6O7. The molecule has 3 saturated heterocycles. The molecule has 1 N–H and O–H groups in total. The lowest BCUT2D eigenvalue weighted by Gasteiger charge is -2.41. The van der Waals surface area contributed by atoms with Gasteiger partial charge < -0.3 is 24.3 Å². The summed E-state index contributed by atoms with van der Waals surface area (Å²) in [6.07, 6.45) is -0.228. The zero-order valence-corrected chi connectivity index (χ0v) is 23.0. The minimum atomic E-state index is -1.02. The summed E-state index contributed by atoms with van der Waals surface area (Å²) in [6.45, 7) is 8.84.